The van der Waals surface area contributed by atoms with Gasteiger partial charge in [-0.05, 0) is 18.4 Å². The molecular formula is C15H15F2NO. The summed E-state index contributed by atoms with van der Waals surface area (Å²) in [5.41, 5.74) is 6.54. The van der Waals surface area contributed by atoms with E-state index in [2.05, 4.69) is 0 Å². The molecule has 0 aromatic heterocycles. The highest BCUT2D eigenvalue weighted by Crippen LogP contribution is 2.24. The van der Waals surface area contributed by atoms with Crippen LogP contribution in [0.4, 0.5) is 14.5 Å². The van der Waals surface area contributed by atoms with Crippen LogP contribution < -0.4 is 10.5 Å². The molecule has 0 radical (unpaired) electrons. The topological polar surface area (TPSA) is 35.2 Å². The molecule has 0 bridgehead atoms. The van der Waals surface area contributed by atoms with E-state index in [0.717, 1.165) is 18.6 Å². The van der Waals surface area contributed by atoms with Gasteiger partial charge in [0, 0.05) is 17.8 Å². The van der Waals surface area contributed by atoms with Crippen LogP contribution in [0.2, 0.25) is 0 Å². The summed E-state index contributed by atoms with van der Waals surface area (Å²) in [6.45, 7) is 0.257. The molecule has 0 saturated heterocycles. The molecule has 100 valence electrons. The van der Waals surface area contributed by atoms with Crippen LogP contribution in [-0.4, -0.2) is 6.61 Å². The molecule has 0 fully saturated rings. The lowest BCUT2D eigenvalue weighted by Gasteiger charge is -2.09. The fourth-order valence-electron chi connectivity index (χ4n) is 1.81. The van der Waals surface area contributed by atoms with Crippen LogP contribution in [0.1, 0.15) is 12.0 Å². The lowest BCUT2D eigenvalue weighted by molar-refractivity contribution is 0.280. The van der Waals surface area contributed by atoms with Gasteiger partial charge < -0.3 is 10.5 Å². The number of halogens is 2. The molecular weight excluding hydrogens is 248 g/mol. The molecule has 2 rings (SSSR count). The van der Waals surface area contributed by atoms with Gasteiger partial charge in [-0.15, -0.1) is 0 Å². The number of aryl methyl sites for hydroxylation is 1. The van der Waals surface area contributed by atoms with E-state index in [1.165, 1.54) is 5.56 Å². The Kier molecular flexibility index (Phi) is 4.34. The summed E-state index contributed by atoms with van der Waals surface area (Å²) in [5.74, 6) is -1.89. The monoisotopic (exact) mass is 263 g/mol. The average Bonchev–Trinajstić information content (AvgIpc) is 2.38. The van der Waals surface area contributed by atoms with Crippen LogP contribution in [0, 0.1) is 11.6 Å². The Bertz CT molecular complexity index is 520. The minimum atomic E-state index is -0.766. The number of hydrogen-bond donors (Lipinski definition) is 1. The molecule has 0 heterocycles. The average molecular weight is 263 g/mol. The first-order valence-electron chi connectivity index (χ1n) is 6.08. The molecule has 0 unspecified atom stereocenters. The molecule has 0 amide bonds. The van der Waals surface area contributed by atoms with E-state index < -0.39 is 11.6 Å². The SMILES string of the molecule is Nc1cc(F)c(OCCCc2ccccc2)c(F)c1. The molecule has 0 aliphatic rings. The van der Waals surface area contributed by atoms with Crippen LogP contribution in [0.3, 0.4) is 0 Å². The first kappa shape index (κ1) is 13.3. The summed E-state index contributed by atoms with van der Waals surface area (Å²) in [7, 11) is 0. The van der Waals surface area contributed by atoms with E-state index in [9.17, 15) is 8.78 Å². The highest BCUT2D eigenvalue weighted by molar-refractivity contribution is 5.44. The van der Waals surface area contributed by atoms with Crippen molar-refractivity contribution in [3.8, 4) is 5.75 Å². The Morgan fingerprint density at radius 3 is 2.26 bits per heavy atom. The van der Waals surface area contributed by atoms with Gasteiger partial charge in [0.1, 0.15) is 0 Å². The maximum absolute atomic E-state index is 13.4. The van der Waals surface area contributed by atoms with Crippen molar-refractivity contribution >= 4 is 5.69 Å². The number of rotatable bonds is 5. The van der Waals surface area contributed by atoms with Gasteiger partial charge in [0.25, 0.3) is 0 Å². The van der Waals surface area contributed by atoms with E-state index in [-0.39, 0.29) is 18.0 Å². The maximum Gasteiger partial charge on any atom is 0.190 e. The van der Waals surface area contributed by atoms with Gasteiger partial charge in [0.05, 0.1) is 6.61 Å². The van der Waals surface area contributed by atoms with Crippen molar-refractivity contribution < 1.29 is 13.5 Å². The third-order valence-corrected chi connectivity index (χ3v) is 2.72. The first-order valence-corrected chi connectivity index (χ1v) is 6.08. The van der Waals surface area contributed by atoms with Crippen LogP contribution in [0.15, 0.2) is 42.5 Å². The molecule has 0 spiro atoms. The van der Waals surface area contributed by atoms with Crippen LogP contribution in [0.25, 0.3) is 0 Å². The minimum Gasteiger partial charge on any atom is -0.488 e. The number of ether oxygens (including phenoxy) is 1. The summed E-state index contributed by atoms with van der Waals surface area (Å²) >= 11 is 0. The number of nitrogens with two attached hydrogens (primary N) is 1. The van der Waals surface area contributed by atoms with Crippen molar-refractivity contribution in [3.05, 3.63) is 59.7 Å². The largest absolute Gasteiger partial charge is 0.488 e. The van der Waals surface area contributed by atoms with Gasteiger partial charge in [-0.1, -0.05) is 30.3 Å². The molecule has 0 aliphatic heterocycles. The summed E-state index contributed by atoms with van der Waals surface area (Å²) in [6, 6.07) is 12.0. The number of nitrogen functional groups attached to an aromatic ring is 1. The van der Waals surface area contributed by atoms with Crippen molar-refractivity contribution in [2.24, 2.45) is 0 Å². The van der Waals surface area contributed by atoms with Gasteiger partial charge in [-0.3, -0.25) is 0 Å². The van der Waals surface area contributed by atoms with Gasteiger partial charge in [-0.2, -0.15) is 0 Å². The fraction of sp³-hybridized carbons (Fsp3) is 0.200. The third kappa shape index (κ3) is 3.68. The minimum absolute atomic E-state index is 0.0478. The number of hydrogen-bond acceptors (Lipinski definition) is 2. The zero-order valence-electron chi connectivity index (χ0n) is 10.4. The first-order chi connectivity index (χ1) is 9.16. The molecule has 19 heavy (non-hydrogen) atoms. The summed E-state index contributed by atoms with van der Waals surface area (Å²) in [6.07, 6.45) is 1.49. The van der Waals surface area contributed by atoms with Crippen LogP contribution >= 0.6 is 0 Å². The fourth-order valence-corrected chi connectivity index (χ4v) is 1.81. The van der Waals surface area contributed by atoms with Crippen LogP contribution in [0.5, 0.6) is 5.75 Å². The molecule has 4 heteroatoms. The van der Waals surface area contributed by atoms with Crippen molar-refractivity contribution in [1.82, 2.24) is 0 Å². The quantitative estimate of drug-likeness (QED) is 0.661. The number of benzene rings is 2. The van der Waals surface area contributed by atoms with E-state index >= 15 is 0 Å². The predicted octanol–water partition coefficient (Wildman–Crippen LogP) is 3.56. The molecule has 0 atom stereocenters. The molecule has 2 aromatic carbocycles. The van der Waals surface area contributed by atoms with E-state index in [1.54, 1.807) is 0 Å². The van der Waals surface area contributed by atoms with Crippen molar-refractivity contribution in [3.63, 3.8) is 0 Å². The Balaban J connectivity index is 1.86. The maximum atomic E-state index is 13.4. The van der Waals surface area contributed by atoms with E-state index in [0.29, 0.717) is 6.42 Å². The van der Waals surface area contributed by atoms with E-state index in [1.807, 2.05) is 30.3 Å². The molecule has 0 aliphatic carbocycles. The summed E-state index contributed by atoms with van der Waals surface area (Å²) in [4.78, 5) is 0. The summed E-state index contributed by atoms with van der Waals surface area (Å²) in [5, 5.41) is 0. The van der Waals surface area contributed by atoms with Gasteiger partial charge in [0.2, 0.25) is 0 Å². The Labute approximate surface area is 110 Å². The summed E-state index contributed by atoms with van der Waals surface area (Å²) < 4.78 is 32.0. The molecule has 2 N–H and O–H groups in total. The second-order valence-electron chi connectivity index (χ2n) is 4.25. The normalized spacial score (nSPS) is 10.4. The molecule has 2 nitrogen and oxygen atoms in total. The third-order valence-electron chi connectivity index (χ3n) is 2.72. The second kappa shape index (κ2) is 6.18. The van der Waals surface area contributed by atoms with Crippen LogP contribution in [-0.2, 0) is 6.42 Å². The van der Waals surface area contributed by atoms with Gasteiger partial charge >= 0.3 is 0 Å². The van der Waals surface area contributed by atoms with Gasteiger partial charge in [-0.25, -0.2) is 8.78 Å². The zero-order valence-corrected chi connectivity index (χ0v) is 10.4. The van der Waals surface area contributed by atoms with Crippen molar-refractivity contribution in [1.29, 1.82) is 0 Å². The Morgan fingerprint density at radius 1 is 1.00 bits per heavy atom. The second-order valence-corrected chi connectivity index (χ2v) is 4.25. The highest BCUT2D eigenvalue weighted by atomic mass is 19.1. The predicted molar refractivity (Wildman–Crippen MR) is 71.0 cm³/mol. The lowest BCUT2D eigenvalue weighted by Crippen LogP contribution is -2.03. The van der Waals surface area contributed by atoms with Crippen molar-refractivity contribution in [2.75, 3.05) is 12.3 Å². The number of anilines is 1. The van der Waals surface area contributed by atoms with Gasteiger partial charge in [0.15, 0.2) is 17.4 Å². The lowest BCUT2D eigenvalue weighted by atomic mass is 10.1. The van der Waals surface area contributed by atoms with E-state index in [4.69, 9.17) is 10.5 Å². The zero-order chi connectivity index (χ0) is 13.7. The smallest absolute Gasteiger partial charge is 0.190 e. The standard InChI is InChI=1S/C15H15F2NO/c16-13-9-12(18)10-14(17)15(13)19-8-4-7-11-5-2-1-3-6-11/h1-3,5-6,9-10H,4,7-8,18H2. The molecule has 0 saturated carbocycles. The van der Waals surface area contributed by atoms with Crippen molar-refractivity contribution in [2.45, 2.75) is 12.8 Å². The Morgan fingerprint density at radius 2 is 1.63 bits per heavy atom. The molecule has 2 aromatic rings. The Hall–Kier alpha value is -2.10. The highest BCUT2D eigenvalue weighted by Gasteiger charge is 2.11.